The first kappa shape index (κ1) is 22.6. The summed E-state index contributed by atoms with van der Waals surface area (Å²) in [6, 6.07) is 23.0. The third-order valence-electron chi connectivity index (χ3n) is 4.89. The van der Waals surface area contributed by atoms with Crippen LogP contribution in [0.2, 0.25) is 5.02 Å². The van der Waals surface area contributed by atoms with Crippen molar-refractivity contribution >= 4 is 62.1 Å². The van der Waals surface area contributed by atoms with E-state index in [2.05, 4.69) is 15.9 Å². The van der Waals surface area contributed by atoms with E-state index in [-0.39, 0.29) is 5.91 Å². The number of hydrogen-bond acceptors (Lipinski definition) is 4. The molecule has 7 heteroatoms. The van der Waals surface area contributed by atoms with E-state index in [0.717, 1.165) is 27.0 Å². The summed E-state index contributed by atoms with van der Waals surface area (Å²) in [6.07, 6.45) is 2.61. The first-order chi connectivity index (χ1) is 15.5. The van der Waals surface area contributed by atoms with Gasteiger partial charge in [-0.25, -0.2) is 4.99 Å². The molecule has 0 aromatic heterocycles. The Bertz CT molecular complexity index is 1160. The molecule has 0 spiro atoms. The van der Waals surface area contributed by atoms with Crippen LogP contribution in [0.15, 0.2) is 87.2 Å². The van der Waals surface area contributed by atoms with Crippen LogP contribution in [0.4, 0.5) is 5.69 Å². The lowest BCUT2D eigenvalue weighted by atomic mass is 10.1. The highest BCUT2D eigenvalue weighted by Crippen LogP contribution is 2.34. The number of amides is 1. The van der Waals surface area contributed by atoms with E-state index in [4.69, 9.17) is 21.3 Å². The maximum atomic E-state index is 13.3. The maximum Gasteiger partial charge on any atom is 0.266 e. The largest absolute Gasteiger partial charge is 0.497 e. The Hall–Kier alpha value is -2.54. The number of carbonyl (C=O) groups excluding carboxylic acids is 1. The van der Waals surface area contributed by atoms with Crippen LogP contribution in [-0.4, -0.2) is 29.6 Å². The zero-order valence-electron chi connectivity index (χ0n) is 17.3. The molecule has 3 aromatic rings. The van der Waals surface area contributed by atoms with Crippen molar-refractivity contribution in [3.8, 4) is 5.75 Å². The van der Waals surface area contributed by atoms with Gasteiger partial charge in [-0.05, 0) is 83.9 Å². The number of halogens is 2. The standard InChI is InChI=1S/C25H20BrClN2O2S/c1-31-22-12-10-21(11-13-22)28-25-29(15-14-17-4-8-20(27)9-5-17)24(30)23(32-25)16-18-2-6-19(26)7-3-18/h2-13,16H,14-15H2,1H3/b23-16-,28-25?. The van der Waals surface area contributed by atoms with Gasteiger partial charge in [0.2, 0.25) is 0 Å². The first-order valence-electron chi connectivity index (χ1n) is 9.96. The molecule has 0 atom stereocenters. The Kier molecular flexibility index (Phi) is 7.35. The molecule has 162 valence electrons. The van der Waals surface area contributed by atoms with Gasteiger partial charge in [0.05, 0.1) is 17.7 Å². The summed E-state index contributed by atoms with van der Waals surface area (Å²) in [5.74, 6) is 0.721. The normalized spacial score (nSPS) is 16.2. The van der Waals surface area contributed by atoms with Crippen LogP contribution in [0.1, 0.15) is 11.1 Å². The number of amidine groups is 1. The van der Waals surface area contributed by atoms with Gasteiger partial charge in [0.15, 0.2) is 5.17 Å². The highest BCUT2D eigenvalue weighted by molar-refractivity contribution is 9.10. The van der Waals surface area contributed by atoms with Crippen molar-refractivity contribution in [1.82, 2.24) is 4.90 Å². The predicted molar refractivity (Wildman–Crippen MR) is 137 cm³/mol. The Balaban J connectivity index is 1.61. The van der Waals surface area contributed by atoms with E-state index in [0.29, 0.717) is 28.1 Å². The van der Waals surface area contributed by atoms with Gasteiger partial charge in [-0.3, -0.25) is 9.69 Å². The zero-order valence-corrected chi connectivity index (χ0v) is 20.5. The van der Waals surface area contributed by atoms with Crippen LogP contribution < -0.4 is 4.74 Å². The second-order valence-corrected chi connectivity index (χ2v) is 9.45. The lowest BCUT2D eigenvalue weighted by Gasteiger charge is -2.15. The van der Waals surface area contributed by atoms with Crippen LogP contribution in [0.25, 0.3) is 6.08 Å². The highest BCUT2D eigenvalue weighted by atomic mass is 79.9. The van der Waals surface area contributed by atoms with Crippen molar-refractivity contribution in [2.45, 2.75) is 6.42 Å². The number of nitrogens with zero attached hydrogens (tertiary/aromatic N) is 2. The summed E-state index contributed by atoms with van der Waals surface area (Å²) in [5, 5.41) is 1.36. The number of rotatable bonds is 6. The summed E-state index contributed by atoms with van der Waals surface area (Å²) in [5.41, 5.74) is 2.84. The quantitative estimate of drug-likeness (QED) is 0.326. The van der Waals surface area contributed by atoms with Crippen molar-refractivity contribution < 1.29 is 9.53 Å². The van der Waals surface area contributed by atoms with Crippen molar-refractivity contribution in [1.29, 1.82) is 0 Å². The highest BCUT2D eigenvalue weighted by Gasteiger charge is 2.33. The minimum Gasteiger partial charge on any atom is -0.497 e. The van der Waals surface area contributed by atoms with E-state index >= 15 is 0 Å². The average molecular weight is 528 g/mol. The molecule has 1 aliphatic rings. The lowest BCUT2D eigenvalue weighted by molar-refractivity contribution is -0.122. The van der Waals surface area contributed by atoms with Gasteiger partial charge in [0, 0.05) is 16.0 Å². The van der Waals surface area contributed by atoms with Crippen LogP contribution in [0, 0.1) is 0 Å². The number of methoxy groups -OCH3 is 1. The monoisotopic (exact) mass is 526 g/mol. The van der Waals surface area contributed by atoms with Gasteiger partial charge in [-0.2, -0.15) is 0 Å². The van der Waals surface area contributed by atoms with Gasteiger partial charge in [-0.1, -0.05) is 51.8 Å². The van der Waals surface area contributed by atoms with E-state index in [9.17, 15) is 4.79 Å². The molecular weight excluding hydrogens is 508 g/mol. The van der Waals surface area contributed by atoms with Gasteiger partial charge < -0.3 is 4.74 Å². The van der Waals surface area contributed by atoms with E-state index in [1.807, 2.05) is 78.9 Å². The molecule has 0 bridgehead atoms. The number of carbonyl (C=O) groups is 1. The van der Waals surface area contributed by atoms with E-state index < -0.39 is 0 Å². The van der Waals surface area contributed by atoms with Crippen molar-refractivity contribution in [2.75, 3.05) is 13.7 Å². The van der Waals surface area contributed by atoms with Crippen LogP contribution in [0.5, 0.6) is 5.75 Å². The summed E-state index contributed by atoms with van der Waals surface area (Å²) in [6.45, 7) is 0.528. The van der Waals surface area contributed by atoms with Crippen molar-refractivity contribution in [3.63, 3.8) is 0 Å². The lowest BCUT2D eigenvalue weighted by Crippen LogP contribution is -2.31. The molecule has 0 N–H and O–H groups in total. The van der Waals surface area contributed by atoms with E-state index in [1.165, 1.54) is 11.8 Å². The molecule has 4 rings (SSSR count). The Labute approximate surface area is 205 Å². The molecule has 4 nitrogen and oxygen atoms in total. The van der Waals surface area contributed by atoms with E-state index in [1.54, 1.807) is 12.0 Å². The molecule has 0 unspecified atom stereocenters. The maximum absolute atomic E-state index is 13.3. The van der Waals surface area contributed by atoms with Crippen LogP contribution in [0.3, 0.4) is 0 Å². The second-order valence-electron chi connectivity index (χ2n) is 7.09. The Morgan fingerprint density at radius 3 is 2.38 bits per heavy atom. The zero-order chi connectivity index (χ0) is 22.5. The number of aliphatic imine (C=N–C) groups is 1. The number of thioether (sulfide) groups is 1. The summed E-state index contributed by atoms with van der Waals surface area (Å²) >= 11 is 10.8. The average Bonchev–Trinajstić information content (AvgIpc) is 3.09. The molecule has 1 fully saturated rings. The SMILES string of the molecule is COc1ccc(N=C2S/C(=C\c3ccc(Br)cc3)C(=O)N2CCc2ccc(Cl)cc2)cc1. The molecule has 1 heterocycles. The van der Waals surface area contributed by atoms with Gasteiger partial charge in [0.1, 0.15) is 5.75 Å². The molecule has 1 aliphatic heterocycles. The fourth-order valence-corrected chi connectivity index (χ4v) is 4.57. The molecule has 0 saturated carbocycles. The number of benzene rings is 3. The van der Waals surface area contributed by atoms with Gasteiger partial charge >= 0.3 is 0 Å². The topological polar surface area (TPSA) is 41.9 Å². The number of hydrogen-bond donors (Lipinski definition) is 0. The predicted octanol–water partition coefficient (Wildman–Crippen LogP) is 6.96. The Morgan fingerprint density at radius 2 is 1.72 bits per heavy atom. The molecule has 32 heavy (non-hydrogen) atoms. The molecule has 1 amide bonds. The minimum atomic E-state index is -0.0425. The van der Waals surface area contributed by atoms with Crippen molar-refractivity contribution in [3.05, 3.63) is 98.3 Å². The van der Waals surface area contributed by atoms with Crippen LogP contribution >= 0.6 is 39.3 Å². The molecule has 3 aromatic carbocycles. The second kappa shape index (κ2) is 10.4. The fourth-order valence-electron chi connectivity index (χ4n) is 3.16. The summed E-state index contributed by atoms with van der Waals surface area (Å²) in [7, 11) is 1.63. The molecule has 0 radical (unpaired) electrons. The summed E-state index contributed by atoms with van der Waals surface area (Å²) < 4.78 is 6.22. The van der Waals surface area contributed by atoms with Gasteiger partial charge in [0.25, 0.3) is 5.91 Å². The first-order valence-corrected chi connectivity index (χ1v) is 11.9. The smallest absolute Gasteiger partial charge is 0.266 e. The fraction of sp³-hybridized carbons (Fsp3) is 0.120. The molecule has 0 aliphatic carbocycles. The summed E-state index contributed by atoms with van der Waals surface area (Å²) in [4.78, 5) is 20.4. The molecular formula is C25H20BrClN2O2S. The molecule has 1 saturated heterocycles. The Morgan fingerprint density at radius 1 is 1.03 bits per heavy atom. The van der Waals surface area contributed by atoms with Gasteiger partial charge in [-0.15, -0.1) is 0 Å². The van der Waals surface area contributed by atoms with Crippen molar-refractivity contribution in [2.24, 2.45) is 4.99 Å². The third-order valence-corrected chi connectivity index (χ3v) is 6.68. The minimum absolute atomic E-state index is 0.0425. The third kappa shape index (κ3) is 5.63. The number of ether oxygens (including phenoxy) is 1. The van der Waals surface area contributed by atoms with Crippen LogP contribution in [-0.2, 0) is 11.2 Å².